The fourth-order valence-corrected chi connectivity index (χ4v) is 3.85. The van der Waals surface area contributed by atoms with E-state index >= 15 is 0 Å². The number of nitrogens with zero attached hydrogens (tertiary/aromatic N) is 1. The monoisotopic (exact) mass is 354 g/mol. The van der Waals surface area contributed by atoms with Gasteiger partial charge in [0, 0.05) is 22.5 Å². The summed E-state index contributed by atoms with van der Waals surface area (Å²) in [4.78, 5) is 30.7. The Morgan fingerprint density at radius 3 is 2.50 bits per heavy atom. The number of carbonyl (C=O) groups is 1. The molecular formula is C22H30N2O2. The molecule has 0 atom stereocenters. The van der Waals surface area contributed by atoms with Crippen LogP contribution >= 0.6 is 0 Å². The molecule has 140 valence electrons. The Kier molecular flexibility index (Phi) is 5.22. The van der Waals surface area contributed by atoms with Crippen LogP contribution in [0.5, 0.6) is 0 Å². The van der Waals surface area contributed by atoms with Gasteiger partial charge in [0.15, 0.2) is 0 Å². The van der Waals surface area contributed by atoms with Crippen molar-refractivity contribution in [3.63, 3.8) is 0 Å². The maximum absolute atomic E-state index is 13.1. The molecule has 0 radical (unpaired) electrons. The van der Waals surface area contributed by atoms with Crippen LogP contribution in [-0.4, -0.2) is 21.8 Å². The van der Waals surface area contributed by atoms with Gasteiger partial charge < -0.3 is 9.88 Å². The Morgan fingerprint density at radius 2 is 1.85 bits per heavy atom. The molecule has 1 saturated carbocycles. The lowest BCUT2D eigenvalue weighted by Crippen LogP contribution is -2.46. The van der Waals surface area contributed by atoms with Crippen LogP contribution in [-0.2, 0) is 11.3 Å². The minimum absolute atomic E-state index is 0.0920. The number of benzene rings is 1. The van der Waals surface area contributed by atoms with Crippen molar-refractivity contribution in [3.8, 4) is 0 Å². The predicted molar refractivity (Wildman–Crippen MR) is 106 cm³/mol. The summed E-state index contributed by atoms with van der Waals surface area (Å²) in [5, 5.41) is 1.01. The van der Waals surface area contributed by atoms with Gasteiger partial charge in [0.05, 0.1) is 6.54 Å². The zero-order valence-corrected chi connectivity index (χ0v) is 16.4. The number of aromatic nitrogens is 1. The molecular weight excluding hydrogens is 324 g/mol. The Morgan fingerprint density at radius 1 is 1.15 bits per heavy atom. The smallest absolute Gasteiger partial charge is 0.253 e. The standard InChI is InChI=1S/C22H30N2O2/c1-15-10-11-16-13-17(20(25)23-19(16)12-15)14-24(21(26)22(2,3)4)18-8-6-5-7-9-18/h10-13,18H,5-9,14H2,1-4H3,(H,23,25). The summed E-state index contributed by atoms with van der Waals surface area (Å²) in [7, 11) is 0. The van der Waals surface area contributed by atoms with Crippen LogP contribution in [0.25, 0.3) is 10.9 Å². The maximum atomic E-state index is 13.1. The summed E-state index contributed by atoms with van der Waals surface area (Å²) in [6.07, 6.45) is 5.63. The molecule has 0 unspecified atom stereocenters. The van der Waals surface area contributed by atoms with E-state index in [2.05, 4.69) is 4.98 Å². The first-order valence-electron chi connectivity index (χ1n) is 9.69. The van der Waals surface area contributed by atoms with Gasteiger partial charge >= 0.3 is 0 Å². The summed E-state index contributed by atoms with van der Waals surface area (Å²) >= 11 is 0. The molecule has 1 aliphatic carbocycles. The fourth-order valence-electron chi connectivity index (χ4n) is 3.85. The third-order valence-electron chi connectivity index (χ3n) is 5.34. The number of pyridine rings is 1. The maximum Gasteiger partial charge on any atom is 0.253 e. The number of amides is 1. The summed E-state index contributed by atoms with van der Waals surface area (Å²) in [5.41, 5.74) is 2.10. The van der Waals surface area contributed by atoms with Gasteiger partial charge in [-0.2, -0.15) is 0 Å². The zero-order chi connectivity index (χ0) is 18.9. The summed E-state index contributed by atoms with van der Waals surface area (Å²) < 4.78 is 0. The highest BCUT2D eigenvalue weighted by atomic mass is 16.2. The molecule has 26 heavy (non-hydrogen) atoms. The lowest BCUT2D eigenvalue weighted by Gasteiger charge is -2.38. The molecule has 1 N–H and O–H groups in total. The number of carbonyl (C=O) groups excluding carboxylic acids is 1. The number of aromatic amines is 1. The average Bonchev–Trinajstić information content (AvgIpc) is 2.59. The molecule has 1 amide bonds. The van der Waals surface area contributed by atoms with Crippen LogP contribution in [0.3, 0.4) is 0 Å². The van der Waals surface area contributed by atoms with E-state index in [1.165, 1.54) is 6.42 Å². The fraction of sp³-hybridized carbons (Fsp3) is 0.545. The van der Waals surface area contributed by atoms with Gasteiger partial charge in [0.25, 0.3) is 5.56 Å². The van der Waals surface area contributed by atoms with E-state index < -0.39 is 5.41 Å². The molecule has 0 saturated heterocycles. The minimum atomic E-state index is -0.446. The first kappa shape index (κ1) is 18.7. The van der Waals surface area contributed by atoms with Crippen LogP contribution in [0.2, 0.25) is 0 Å². The predicted octanol–water partition coefficient (Wildman–Crippen LogP) is 4.54. The molecule has 1 aromatic heterocycles. The van der Waals surface area contributed by atoms with Crippen LogP contribution in [0.1, 0.15) is 64.0 Å². The van der Waals surface area contributed by atoms with Crippen molar-refractivity contribution in [1.29, 1.82) is 0 Å². The molecule has 4 nitrogen and oxygen atoms in total. The first-order chi connectivity index (χ1) is 12.3. The highest BCUT2D eigenvalue weighted by Crippen LogP contribution is 2.28. The molecule has 3 rings (SSSR count). The molecule has 1 heterocycles. The second kappa shape index (κ2) is 7.26. The van der Waals surface area contributed by atoms with Gasteiger partial charge in [-0.1, -0.05) is 52.2 Å². The van der Waals surface area contributed by atoms with Gasteiger partial charge in [0.2, 0.25) is 5.91 Å². The zero-order valence-electron chi connectivity index (χ0n) is 16.4. The van der Waals surface area contributed by atoms with E-state index in [0.29, 0.717) is 12.1 Å². The van der Waals surface area contributed by atoms with Gasteiger partial charge in [-0.15, -0.1) is 0 Å². The third-order valence-corrected chi connectivity index (χ3v) is 5.34. The number of hydrogen-bond acceptors (Lipinski definition) is 2. The minimum Gasteiger partial charge on any atom is -0.335 e. The van der Waals surface area contributed by atoms with Crippen molar-refractivity contribution in [3.05, 3.63) is 45.7 Å². The largest absolute Gasteiger partial charge is 0.335 e. The van der Waals surface area contributed by atoms with Crippen molar-refractivity contribution >= 4 is 16.8 Å². The van der Waals surface area contributed by atoms with E-state index in [-0.39, 0.29) is 17.5 Å². The van der Waals surface area contributed by atoms with Crippen molar-refractivity contribution in [1.82, 2.24) is 9.88 Å². The topological polar surface area (TPSA) is 53.2 Å². The number of aryl methyl sites for hydroxylation is 1. The van der Waals surface area contributed by atoms with Crippen LogP contribution in [0.4, 0.5) is 0 Å². The molecule has 0 bridgehead atoms. The van der Waals surface area contributed by atoms with Crippen molar-refractivity contribution in [2.75, 3.05) is 0 Å². The van der Waals surface area contributed by atoms with Crippen LogP contribution in [0.15, 0.2) is 29.1 Å². The summed E-state index contributed by atoms with van der Waals surface area (Å²) in [6, 6.07) is 8.24. The van der Waals surface area contributed by atoms with Gasteiger partial charge in [0.1, 0.15) is 0 Å². The lowest BCUT2D eigenvalue weighted by atomic mass is 9.89. The van der Waals surface area contributed by atoms with Crippen LogP contribution in [0, 0.1) is 12.3 Å². The number of rotatable bonds is 3. The number of nitrogens with one attached hydrogen (secondary N) is 1. The highest BCUT2D eigenvalue weighted by molar-refractivity contribution is 5.82. The van der Waals surface area contributed by atoms with E-state index in [4.69, 9.17) is 0 Å². The SMILES string of the molecule is Cc1ccc2cc(CN(C(=O)C(C)(C)C)C3CCCCC3)c(=O)[nH]c2c1. The average molecular weight is 354 g/mol. The number of fused-ring (bicyclic) bond motifs is 1. The van der Waals surface area contributed by atoms with Crippen molar-refractivity contribution in [2.45, 2.75) is 72.4 Å². The van der Waals surface area contributed by atoms with Crippen molar-refractivity contribution in [2.24, 2.45) is 5.41 Å². The second-order valence-electron chi connectivity index (χ2n) is 8.69. The van der Waals surface area contributed by atoms with Crippen LogP contribution < -0.4 is 5.56 Å². The Hall–Kier alpha value is -2.10. The van der Waals surface area contributed by atoms with E-state index in [9.17, 15) is 9.59 Å². The third kappa shape index (κ3) is 4.00. The molecule has 0 spiro atoms. The molecule has 1 aromatic carbocycles. The molecule has 1 fully saturated rings. The number of hydrogen-bond donors (Lipinski definition) is 1. The molecule has 0 aliphatic heterocycles. The van der Waals surface area contributed by atoms with E-state index in [1.807, 2.05) is 56.9 Å². The summed E-state index contributed by atoms with van der Waals surface area (Å²) in [5.74, 6) is 0.132. The Labute approximate surface area is 155 Å². The normalized spacial score (nSPS) is 16.0. The second-order valence-corrected chi connectivity index (χ2v) is 8.69. The van der Waals surface area contributed by atoms with Gasteiger partial charge in [-0.3, -0.25) is 9.59 Å². The van der Waals surface area contributed by atoms with E-state index in [1.54, 1.807) is 0 Å². The quantitative estimate of drug-likeness (QED) is 0.879. The van der Waals surface area contributed by atoms with E-state index in [0.717, 1.165) is 42.1 Å². The Bertz CT molecular complexity index is 855. The lowest BCUT2D eigenvalue weighted by molar-refractivity contribution is -0.143. The summed E-state index contributed by atoms with van der Waals surface area (Å²) in [6.45, 7) is 8.27. The van der Waals surface area contributed by atoms with Gasteiger partial charge in [-0.05, 0) is 42.8 Å². The Balaban J connectivity index is 1.96. The van der Waals surface area contributed by atoms with Gasteiger partial charge in [-0.25, -0.2) is 0 Å². The number of H-pyrrole nitrogens is 1. The molecule has 2 aromatic rings. The molecule has 1 aliphatic rings. The molecule has 4 heteroatoms. The first-order valence-corrected chi connectivity index (χ1v) is 9.69. The highest BCUT2D eigenvalue weighted by Gasteiger charge is 2.33. The van der Waals surface area contributed by atoms with Crippen molar-refractivity contribution < 1.29 is 4.79 Å².